The largest absolute Gasteiger partial charge is 0.397 e. The van der Waals surface area contributed by atoms with E-state index in [9.17, 15) is 8.42 Å². The highest BCUT2D eigenvalue weighted by Gasteiger charge is 2.22. The molecule has 4 N–H and O–H groups in total. The van der Waals surface area contributed by atoms with Gasteiger partial charge in [-0.2, -0.15) is 13.1 Å². The number of hydrogen-bond acceptors (Lipinski definition) is 4. The Morgan fingerprint density at radius 2 is 2.06 bits per heavy atom. The fourth-order valence-electron chi connectivity index (χ4n) is 1.48. The van der Waals surface area contributed by atoms with Crippen molar-refractivity contribution in [3.05, 3.63) is 24.3 Å². The molecule has 0 bridgehead atoms. The number of nitrogen functional groups attached to an aromatic ring is 1. The SMILES string of the molecule is CCCNS(=O)(=O)N(CCO)c1ccccc1N. The van der Waals surface area contributed by atoms with E-state index in [-0.39, 0.29) is 13.2 Å². The van der Waals surface area contributed by atoms with Gasteiger partial charge in [0.05, 0.1) is 24.5 Å². The van der Waals surface area contributed by atoms with Crippen LogP contribution in [0.4, 0.5) is 11.4 Å². The summed E-state index contributed by atoms with van der Waals surface area (Å²) in [5, 5.41) is 9.00. The monoisotopic (exact) mass is 273 g/mol. The summed E-state index contributed by atoms with van der Waals surface area (Å²) >= 11 is 0. The van der Waals surface area contributed by atoms with E-state index >= 15 is 0 Å². The predicted octanol–water partition coefficient (Wildman–Crippen LogP) is 0.312. The van der Waals surface area contributed by atoms with Crippen LogP contribution in [0.5, 0.6) is 0 Å². The highest BCUT2D eigenvalue weighted by atomic mass is 32.2. The van der Waals surface area contributed by atoms with Gasteiger partial charge in [0.1, 0.15) is 0 Å². The maximum Gasteiger partial charge on any atom is 0.301 e. The molecular formula is C11H19N3O3S. The van der Waals surface area contributed by atoms with Crippen molar-refractivity contribution in [3.8, 4) is 0 Å². The number of aliphatic hydroxyl groups is 1. The molecule has 0 aliphatic heterocycles. The van der Waals surface area contributed by atoms with Gasteiger partial charge < -0.3 is 10.8 Å². The summed E-state index contributed by atoms with van der Waals surface area (Å²) in [7, 11) is -3.68. The van der Waals surface area contributed by atoms with Gasteiger partial charge in [0.25, 0.3) is 0 Å². The molecule has 0 aliphatic carbocycles. The van der Waals surface area contributed by atoms with E-state index in [1.165, 1.54) is 0 Å². The average Bonchev–Trinajstić information content (AvgIpc) is 2.34. The van der Waals surface area contributed by atoms with Gasteiger partial charge in [-0.15, -0.1) is 0 Å². The summed E-state index contributed by atoms with van der Waals surface area (Å²) in [5.74, 6) is 0. The Kier molecular flexibility index (Phi) is 5.39. The van der Waals surface area contributed by atoms with Crippen LogP contribution in [0, 0.1) is 0 Å². The summed E-state index contributed by atoms with van der Waals surface area (Å²) in [6.07, 6.45) is 0.691. The van der Waals surface area contributed by atoms with Crippen molar-refractivity contribution in [1.29, 1.82) is 0 Å². The molecule has 1 aromatic carbocycles. The Morgan fingerprint density at radius 1 is 1.39 bits per heavy atom. The lowest BCUT2D eigenvalue weighted by molar-refractivity contribution is 0.306. The number of rotatable bonds is 7. The molecule has 0 saturated heterocycles. The van der Waals surface area contributed by atoms with Crippen molar-refractivity contribution in [2.75, 3.05) is 29.7 Å². The quantitative estimate of drug-likeness (QED) is 0.623. The molecular weight excluding hydrogens is 254 g/mol. The molecule has 1 aromatic rings. The number of para-hydroxylation sites is 2. The Balaban J connectivity index is 3.07. The van der Waals surface area contributed by atoms with Crippen LogP contribution in [-0.2, 0) is 10.2 Å². The van der Waals surface area contributed by atoms with Gasteiger partial charge in [-0.1, -0.05) is 19.1 Å². The molecule has 0 unspecified atom stereocenters. The molecule has 0 aliphatic rings. The van der Waals surface area contributed by atoms with Crippen LogP contribution >= 0.6 is 0 Å². The Bertz CT molecular complexity index is 476. The molecule has 1 rings (SSSR count). The number of aliphatic hydroxyl groups excluding tert-OH is 1. The number of nitrogens with one attached hydrogen (secondary N) is 1. The van der Waals surface area contributed by atoms with Crippen molar-refractivity contribution < 1.29 is 13.5 Å². The lowest BCUT2D eigenvalue weighted by Gasteiger charge is -2.24. The Hall–Kier alpha value is -1.31. The maximum absolute atomic E-state index is 12.1. The minimum atomic E-state index is -3.68. The van der Waals surface area contributed by atoms with Crippen LogP contribution in [0.1, 0.15) is 13.3 Å². The summed E-state index contributed by atoms with van der Waals surface area (Å²) in [5.41, 5.74) is 6.49. The van der Waals surface area contributed by atoms with E-state index in [1.54, 1.807) is 24.3 Å². The second kappa shape index (κ2) is 6.58. The molecule has 0 amide bonds. The van der Waals surface area contributed by atoms with Crippen molar-refractivity contribution in [3.63, 3.8) is 0 Å². The highest BCUT2D eigenvalue weighted by molar-refractivity contribution is 7.90. The zero-order chi connectivity index (χ0) is 13.6. The first kappa shape index (κ1) is 14.7. The molecule has 0 saturated carbocycles. The van der Waals surface area contributed by atoms with Crippen molar-refractivity contribution in [2.45, 2.75) is 13.3 Å². The molecule has 6 nitrogen and oxygen atoms in total. The number of nitrogens with two attached hydrogens (primary N) is 1. The van der Waals surface area contributed by atoms with Crippen LogP contribution in [0.3, 0.4) is 0 Å². The van der Waals surface area contributed by atoms with E-state index in [2.05, 4.69) is 4.72 Å². The first-order valence-electron chi connectivity index (χ1n) is 5.75. The van der Waals surface area contributed by atoms with Crippen LogP contribution < -0.4 is 14.8 Å². The second-order valence-corrected chi connectivity index (χ2v) is 5.43. The lowest BCUT2D eigenvalue weighted by atomic mass is 10.3. The molecule has 0 fully saturated rings. The van der Waals surface area contributed by atoms with Crippen LogP contribution in [0.2, 0.25) is 0 Å². The predicted molar refractivity (Wildman–Crippen MR) is 72.5 cm³/mol. The minimum absolute atomic E-state index is 0.0345. The topological polar surface area (TPSA) is 95.7 Å². The van der Waals surface area contributed by atoms with Gasteiger partial charge in [0.15, 0.2) is 0 Å². The van der Waals surface area contributed by atoms with Crippen LogP contribution in [-0.4, -0.2) is 33.2 Å². The summed E-state index contributed by atoms with van der Waals surface area (Å²) in [6, 6.07) is 6.65. The number of nitrogens with zero attached hydrogens (tertiary/aromatic N) is 1. The standard InChI is InChI=1S/C11H19N3O3S/c1-2-7-13-18(16,17)14(8-9-15)11-6-4-3-5-10(11)12/h3-6,13,15H,2,7-9,12H2,1H3. The van der Waals surface area contributed by atoms with Gasteiger partial charge >= 0.3 is 10.2 Å². The minimum Gasteiger partial charge on any atom is -0.397 e. The molecule has 102 valence electrons. The fraction of sp³-hybridized carbons (Fsp3) is 0.455. The van der Waals surface area contributed by atoms with E-state index < -0.39 is 10.2 Å². The maximum atomic E-state index is 12.1. The first-order valence-corrected chi connectivity index (χ1v) is 7.19. The zero-order valence-corrected chi connectivity index (χ0v) is 11.2. The molecule has 18 heavy (non-hydrogen) atoms. The number of hydrogen-bond donors (Lipinski definition) is 3. The van der Waals surface area contributed by atoms with Gasteiger partial charge in [-0.05, 0) is 18.6 Å². The van der Waals surface area contributed by atoms with Gasteiger partial charge in [0.2, 0.25) is 0 Å². The third-order valence-corrected chi connectivity index (χ3v) is 3.86. The first-order chi connectivity index (χ1) is 8.53. The third kappa shape index (κ3) is 3.59. The molecule has 0 aromatic heterocycles. The van der Waals surface area contributed by atoms with E-state index in [1.807, 2.05) is 6.92 Å². The highest BCUT2D eigenvalue weighted by Crippen LogP contribution is 2.24. The van der Waals surface area contributed by atoms with E-state index in [0.717, 1.165) is 4.31 Å². The molecule has 7 heteroatoms. The summed E-state index contributed by atoms with van der Waals surface area (Å²) < 4.78 is 27.7. The van der Waals surface area contributed by atoms with E-state index in [0.29, 0.717) is 24.3 Å². The summed E-state index contributed by atoms with van der Waals surface area (Å²) in [4.78, 5) is 0. The van der Waals surface area contributed by atoms with Crippen LogP contribution in [0.25, 0.3) is 0 Å². The molecule has 0 spiro atoms. The molecule has 0 heterocycles. The van der Waals surface area contributed by atoms with Crippen LogP contribution in [0.15, 0.2) is 24.3 Å². The van der Waals surface area contributed by atoms with Crippen molar-refractivity contribution in [1.82, 2.24) is 4.72 Å². The molecule has 0 radical (unpaired) electrons. The lowest BCUT2D eigenvalue weighted by Crippen LogP contribution is -2.43. The van der Waals surface area contributed by atoms with Gasteiger partial charge in [-0.3, -0.25) is 4.31 Å². The number of benzene rings is 1. The van der Waals surface area contributed by atoms with Crippen molar-refractivity contribution in [2.24, 2.45) is 0 Å². The number of anilines is 2. The van der Waals surface area contributed by atoms with Crippen molar-refractivity contribution >= 4 is 21.6 Å². The Morgan fingerprint density at radius 3 is 2.61 bits per heavy atom. The van der Waals surface area contributed by atoms with Gasteiger partial charge in [0, 0.05) is 6.54 Å². The second-order valence-electron chi connectivity index (χ2n) is 3.75. The van der Waals surface area contributed by atoms with E-state index in [4.69, 9.17) is 10.8 Å². The molecule has 0 atom stereocenters. The Labute approximate surface area is 108 Å². The smallest absolute Gasteiger partial charge is 0.301 e. The average molecular weight is 273 g/mol. The summed E-state index contributed by atoms with van der Waals surface area (Å²) in [6.45, 7) is 1.90. The normalized spacial score (nSPS) is 11.4. The fourth-order valence-corrected chi connectivity index (χ4v) is 2.85. The van der Waals surface area contributed by atoms with Gasteiger partial charge in [-0.25, -0.2) is 0 Å². The third-order valence-electron chi connectivity index (χ3n) is 2.33. The zero-order valence-electron chi connectivity index (χ0n) is 10.3.